The molecule has 1 N–H and O–H groups in total. The molecule has 1 atom stereocenters. The average Bonchev–Trinajstić information content (AvgIpc) is 3.02. The van der Waals surface area contributed by atoms with Gasteiger partial charge in [0.1, 0.15) is 0 Å². The van der Waals surface area contributed by atoms with E-state index in [0.29, 0.717) is 6.04 Å². The number of tetrazole rings is 1. The zero-order valence-electron chi connectivity index (χ0n) is 9.58. The van der Waals surface area contributed by atoms with E-state index in [2.05, 4.69) is 20.8 Å². The Balaban J connectivity index is 1.84. The molecule has 0 spiro atoms. The van der Waals surface area contributed by atoms with Crippen LogP contribution in [0.3, 0.4) is 0 Å². The molecule has 0 aliphatic carbocycles. The van der Waals surface area contributed by atoms with E-state index >= 15 is 0 Å². The molecule has 0 radical (unpaired) electrons. The van der Waals surface area contributed by atoms with Crippen LogP contribution in [0.1, 0.15) is 18.7 Å². The lowest BCUT2D eigenvalue weighted by atomic mass is 10.1. The van der Waals surface area contributed by atoms with Crippen molar-refractivity contribution in [3.8, 4) is 5.69 Å². The maximum Gasteiger partial charge on any atom is 0.158 e. The van der Waals surface area contributed by atoms with Crippen LogP contribution in [-0.2, 0) is 6.42 Å². The third kappa shape index (κ3) is 2.19. The van der Waals surface area contributed by atoms with E-state index < -0.39 is 0 Å². The van der Waals surface area contributed by atoms with Crippen molar-refractivity contribution in [1.82, 2.24) is 25.5 Å². The van der Waals surface area contributed by atoms with E-state index in [9.17, 15) is 0 Å². The summed E-state index contributed by atoms with van der Waals surface area (Å²) in [6.45, 7) is 1.11. The Morgan fingerprint density at radius 2 is 2.18 bits per heavy atom. The number of rotatable bonds is 3. The predicted octanol–water partition coefficient (Wildman–Crippen LogP) is 0.957. The molecule has 5 heteroatoms. The lowest BCUT2D eigenvalue weighted by molar-refractivity contribution is 0.575. The molecule has 1 aromatic carbocycles. The molecule has 0 saturated carbocycles. The zero-order chi connectivity index (χ0) is 11.5. The summed E-state index contributed by atoms with van der Waals surface area (Å²) in [5, 5.41) is 15.4. The number of nitrogens with zero attached hydrogens (tertiary/aromatic N) is 4. The number of para-hydroxylation sites is 1. The molecular formula is C12H15N5. The second-order valence-corrected chi connectivity index (χ2v) is 4.34. The van der Waals surface area contributed by atoms with Crippen molar-refractivity contribution in [2.75, 3.05) is 6.54 Å². The van der Waals surface area contributed by atoms with Crippen LogP contribution in [0, 0.1) is 0 Å². The van der Waals surface area contributed by atoms with Crippen LogP contribution in [0.5, 0.6) is 0 Å². The van der Waals surface area contributed by atoms with Crippen LogP contribution < -0.4 is 5.32 Å². The Labute approximate surface area is 99.8 Å². The first-order chi connectivity index (χ1) is 8.43. The van der Waals surface area contributed by atoms with Crippen LogP contribution in [0.2, 0.25) is 0 Å². The molecule has 2 aromatic rings. The van der Waals surface area contributed by atoms with Gasteiger partial charge in [-0.1, -0.05) is 18.2 Å². The Hall–Kier alpha value is -1.75. The van der Waals surface area contributed by atoms with Crippen molar-refractivity contribution in [3.05, 3.63) is 36.2 Å². The molecule has 1 unspecified atom stereocenters. The van der Waals surface area contributed by atoms with E-state index in [4.69, 9.17) is 0 Å². The molecule has 1 saturated heterocycles. The van der Waals surface area contributed by atoms with Crippen molar-refractivity contribution in [3.63, 3.8) is 0 Å². The summed E-state index contributed by atoms with van der Waals surface area (Å²) in [7, 11) is 0. The fourth-order valence-corrected chi connectivity index (χ4v) is 2.25. The number of benzene rings is 1. The van der Waals surface area contributed by atoms with Crippen molar-refractivity contribution in [1.29, 1.82) is 0 Å². The summed E-state index contributed by atoms with van der Waals surface area (Å²) < 4.78 is 1.82. The van der Waals surface area contributed by atoms with Crippen LogP contribution in [0.4, 0.5) is 0 Å². The van der Waals surface area contributed by atoms with Gasteiger partial charge >= 0.3 is 0 Å². The molecule has 1 fully saturated rings. The molecule has 88 valence electrons. The van der Waals surface area contributed by atoms with Gasteiger partial charge in [-0.15, -0.1) is 5.10 Å². The van der Waals surface area contributed by atoms with Gasteiger partial charge in [0.15, 0.2) is 5.82 Å². The lowest BCUT2D eigenvalue weighted by Crippen LogP contribution is -2.25. The molecule has 2 heterocycles. The van der Waals surface area contributed by atoms with Gasteiger partial charge in [0, 0.05) is 12.5 Å². The van der Waals surface area contributed by atoms with Crippen molar-refractivity contribution in [2.45, 2.75) is 25.3 Å². The van der Waals surface area contributed by atoms with E-state index in [-0.39, 0.29) is 0 Å². The smallest absolute Gasteiger partial charge is 0.158 e. The molecule has 0 amide bonds. The molecule has 3 rings (SSSR count). The minimum Gasteiger partial charge on any atom is -0.314 e. The fraction of sp³-hybridized carbons (Fsp3) is 0.417. The van der Waals surface area contributed by atoms with Crippen LogP contribution in [-0.4, -0.2) is 32.8 Å². The number of hydrogen-bond donors (Lipinski definition) is 1. The summed E-state index contributed by atoms with van der Waals surface area (Å²) in [6.07, 6.45) is 3.35. The maximum atomic E-state index is 4.12. The summed E-state index contributed by atoms with van der Waals surface area (Å²) in [4.78, 5) is 0. The van der Waals surface area contributed by atoms with E-state index in [0.717, 1.165) is 24.5 Å². The topological polar surface area (TPSA) is 55.6 Å². The standard InChI is InChI=1S/C12H15N5/c1-2-6-11(7-3-1)17-12(14-15-16-17)9-10-5-4-8-13-10/h1-3,6-7,10,13H,4-5,8-9H2. The van der Waals surface area contributed by atoms with Crippen molar-refractivity contribution in [2.24, 2.45) is 0 Å². The Kier molecular flexibility index (Phi) is 2.83. The molecule has 1 aliphatic heterocycles. The fourth-order valence-electron chi connectivity index (χ4n) is 2.25. The molecule has 1 aromatic heterocycles. The van der Waals surface area contributed by atoms with Gasteiger partial charge in [-0.05, 0) is 41.9 Å². The van der Waals surface area contributed by atoms with E-state index in [1.165, 1.54) is 12.8 Å². The second kappa shape index (κ2) is 4.63. The van der Waals surface area contributed by atoms with Gasteiger partial charge in [0.2, 0.25) is 0 Å². The Morgan fingerprint density at radius 3 is 2.94 bits per heavy atom. The minimum atomic E-state index is 0.517. The average molecular weight is 229 g/mol. The molecule has 17 heavy (non-hydrogen) atoms. The highest BCUT2D eigenvalue weighted by molar-refractivity contribution is 5.30. The van der Waals surface area contributed by atoms with Crippen LogP contribution in [0.25, 0.3) is 5.69 Å². The van der Waals surface area contributed by atoms with E-state index in [1.54, 1.807) is 0 Å². The van der Waals surface area contributed by atoms with Crippen molar-refractivity contribution < 1.29 is 0 Å². The summed E-state index contributed by atoms with van der Waals surface area (Å²) in [5.41, 5.74) is 1.02. The predicted molar refractivity (Wildman–Crippen MR) is 63.9 cm³/mol. The Bertz CT molecular complexity index is 473. The van der Waals surface area contributed by atoms with Gasteiger partial charge in [-0.3, -0.25) is 0 Å². The van der Waals surface area contributed by atoms with Gasteiger partial charge in [0.05, 0.1) is 5.69 Å². The number of nitrogens with one attached hydrogen (secondary N) is 1. The van der Waals surface area contributed by atoms with E-state index in [1.807, 2.05) is 35.0 Å². The van der Waals surface area contributed by atoms with Crippen LogP contribution >= 0.6 is 0 Å². The first kappa shape index (κ1) is 10.4. The SMILES string of the molecule is c1ccc(-n2nnnc2CC2CCCN2)cc1. The highest BCUT2D eigenvalue weighted by Gasteiger charge is 2.18. The summed E-state index contributed by atoms with van der Waals surface area (Å²) in [6, 6.07) is 10.5. The monoisotopic (exact) mass is 229 g/mol. The highest BCUT2D eigenvalue weighted by atomic mass is 15.5. The quantitative estimate of drug-likeness (QED) is 0.851. The zero-order valence-corrected chi connectivity index (χ0v) is 9.58. The third-order valence-electron chi connectivity index (χ3n) is 3.13. The van der Waals surface area contributed by atoms with Gasteiger partial charge in [-0.2, -0.15) is 4.68 Å². The van der Waals surface area contributed by atoms with Crippen molar-refractivity contribution >= 4 is 0 Å². The summed E-state index contributed by atoms with van der Waals surface area (Å²) in [5.74, 6) is 0.926. The largest absolute Gasteiger partial charge is 0.314 e. The van der Waals surface area contributed by atoms with Gasteiger partial charge in [-0.25, -0.2) is 0 Å². The lowest BCUT2D eigenvalue weighted by Gasteiger charge is -2.09. The maximum absolute atomic E-state index is 4.12. The number of aromatic nitrogens is 4. The number of hydrogen-bond acceptors (Lipinski definition) is 4. The second-order valence-electron chi connectivity index (χ2n) is 4.34. The van der Waals surface area contributed by atoms with Crippen LogP contribution in [0.15, 0.2) is 30.3 Å². The first-order valence-corrected chi connectivity index (χ1v) is 5.99. The highest BCUT2D eigenvalue weighted by Crippen LogP contribution is 2.13. The Morgan fingerprint density at radius 1 is 1.29 bits per heavy atom. The minimum absolute atomic E-state index is 0.517. The van der Waals surface area contributed by atoms with Gasteiger partial charge in [0.25, 0.3) is 0 Å². The third-order valence-corrected chi connectivity index (χ3v) is 3.13. The summed E-state index contributed by atoms with van der Waals surface area (Å²) >= 11 is 0. The first-order valence-electron chi connectivity index (χ1n) is 5.99. The normalized spacial score (nSPS) is 19.6. The molecule has 1 aliphatic rings. The molecule has 0 bridgehead atoms. The molecular weight excluding hydrogens is 214 g/mol. The molecule has 5 nitrogen and oxygen atoms in total. The van der Waals surface area contributed by atoms with Gasteiger partial charge < -0.3 is 5.32 Å².